The van der Waals surface area contributed by atoms with Crippen molar-refractivity contribution in [1.82, 2.24) is 29.4 Å². The van der Waals surface area contributed by atoms with Gasteiger partial charge in [0.25, 0.3) is 6.43 Å². The lowest BCUT2D eigenvalue weighted by molar-refractivity contribution is -0.138. The molecule has 2 aromatic heterocycles. The first-order valence-corrected chi connectivity index (χ1v) is 26.3. The van der Waals surface area contributed by atoms with E-state index in [0.29, 0.717) is 99.6 Å². The number of anilines is 5. The van der Waals surface area contributed by atoms with Crippen LogP contribution in [0.3, 0.4) is 0 Å². The van der Waals surface area contributed by atoms with Gasteiger partial charge in [-0.25, -0.2) is 8.78 Å². The monoisotopic (exact) mass is 999 g/mol. The molecule has 0 aliphatic carbocycles. The van der Waals surface area contributed by atoms with E-state index in [1.807, 2.05) is 34.1 Å². The summed E-state index contributed by atoms with van der Waals surface area (Å²) in [5.41, 5.74) is 8.03. The van der Waals surface area contributed by atoms with Crippen LogP contribution in [-0.2, 0) is 36.0 Å². The van der Waals surface area contributed by atoms with Crippen molar-refractivity contribution in [3.63, 3.8) is 0 Å². The van der Waals surface area contributed by atoms with E-state index < -0.39 is 12.0 Å². The first-order chi connectivity index (χ1) is 34.8. The number of carbonyl (C=O) groups is 2. The van der Waals surface area contributed by atoms with Crippen LogP contribution in [0.5, 0.6) is 0 Å². The minimum Gasteiger partial charge on any atom is -0.389 e. The molecule has 17 heteroatoms. The molecule has 3 aromatic carbocycles. The standard InChI is InChI=1S/C55H64ClF2N11O3/c1-37(70)66-22-13-49-47(35-66)53(68-19-3-4-38-28-45(40-33-60-62(2)34-40)46(52(57)58)30-50(38)68)61-69(49)43-11-20-65(21-12-43)51(71)31-55(72)17-26-64(27-18-55)42-9-7-41(8-10-42)63-23-14-54(15-24-63)16-25-67(36-54)44-6-5-39(32-59)48(56)29-44/h5-10,28-30,33-34,43,52,72H,3-4,11-27,31,35-36H2,1-2H3. The number of rotatable bonds is 9. The molecule has 0 radical (unpaired) electrons. The van der Waals surface area contributed by atoms with E-state index in [-0.39, 0.29) is 35.3 Å². The molecule has 0 atom stereocenters. The van der Waals surface area contributed by atoms with E-state index >= 15 is 0 Å². The van der Waals surface area contributed by atoms with Crippen LogP contribution in [-0.4, -0.2) is 117 Å². The zero-order valence-corrected chi connectivity index (χ0v) is 42.1. The zero-order chi connectivity index (χ0) is 49.9. The maximum Gasteiger partial charge on any atom is 0.264 e. The number of hydrogen-bond acceptors (Lipinski definition) is 10. The second kappa shape index (κ2) is 19.3. The van der Waals surface area contributed by atoms with Crippen molar-refractivity contribution in [3.05, 3.63) is 100.0 Å². The predicted molar refractivity (Wildman–Crippen MR) is 275 cm³/mol. The van der Waals surface area contributed by atoms with Crippen molar-refractivity contribution in [2.75, 3.05) is 85.0 Å². The number of likely N-dealkylation sites (tertiary alicyclic amines) is 1. The van der Waals surface area contributed by atoms with Gasteiger partial charge in [-0.1, -0.05) is 11.6 Å². The van der Waals surface area contributed by atoms with Crippen molar-refractivity contribution in [2.24, 2.45) is 12.5 Å². The molecular weight excluding hydrogens is 936 g/mol. The number of alkyl halides is 2. The molecule has 8 heterocycles. The number of hydrogen-bond donors (Lipinski definition) is 1. The summed E-state index contributed by atoms with van der Waals surface area (Å²) in [6.07, 6.45) is 8.86. The first-order valence-electron chi connectivity index (χ1n) is 25.9. The van der Waals surface area contributed by atoms with Crippen molar-refractivity contribution in [1.29, 1.82) is 5.26 Å². The Labute approximate surface area is 425 Å². The van der Waals surface area contributed by atoms with Crippen molar-refractivity contribution >= 4 is 52.0 Å². The van der Waals surface area contributed by atoms with Crippen LogP contribution in [0, 0.1) is 16.7 Å². The van der Waals surface area contributed by atoms with E-state index in [0.717, 1.165) is 98.0 Å². The summed E-state index contributed by atoms with van der Waals surface area (Å²) in [5.74, 6) is 0.684. The third kappa shape index (κ3) is 9.27. The number of piperidine rings is 3. The van der Waals surface area contributed by atoms with Gasteiger partial charge in [-0.15, -0.1) is 0 Å². The van der Waals surface area contributed by atoms with Crippen LogP contribution in [0.2, 0.25) is 5.02 Å². The van der Waals surface area contributed by atoms with Gasteiger partial charge in [0, 0.05) is 137 Å². The van der Waals surface area contributed by atoms with Gasteiger partial charge >= 0.3 is 0 Å². The highest BCUT2D eigenvalue weighted by atomic mass is 35.5. The number of nitrogens with zero attached hydrogens (tertiary/aromatic N) is 11. The molecular formula is C55H64ClF2N11O3. The Morgan fingerprint density at radius 3 is 2.14 bits per heavy atom. The molecule has 6 aliphatic rings. The highest BCUT2D eigenvalue weighted by molar-refractivity contribution is 6.32. The number of aryl methyl sites for hydroxylation is 2. The Morgan fingerprint density at radius 1 is 0.847 bits per heavy atom. The van der Waals surface area contributed by atoms with Gasteiger partial charge in [0.1, 0.15) is 6.07 Å². The van der Waals surface area contributed by atoms with Gasteiger partial charge in [0.2, 0.25) is 11.8 Å². The number of aromatic nitrogens is 4. The second-order valence-corrected chi connectivity index (χ2v) is 21.8. The summed E-state index contributed by atoms with van der Waals surface area (Å²) < 4.78 is 33.3. The predicted octanol–water partition coefficient (Wildman–Crippen LogP) is 8.82. The lowest BCUT2D eigenvalue weighted by atomic mass is 9.77. The molecule has 14 nitrogen and oxygen atoms in total. The lowest BCUT2D eigenvalue weighted by Crippen LogP contribution is -2.49. The van der Waals surface area contributed by atoms with Crippen LogP contribution in [0.4, 0.5) is 37.3 Å². The molecule has 0 saturated carbocycles. The highest BCUT2D eigenvalue weighted by Gasteiger charge is 2.42. The Bertz CT molecular complexity index is 2890. The van der Waals surface area contributed by atoms with Gasteiger partial charge in [-0.2, -0.15) is 15.5 Å². The molecule has 0 unspecified atom stereocenters. The van der Waals surface area contributed by atoms with Crippen LogP contribution in [0.1, 0.15) is 105 Å². The Balaban J connectivity index is 0.696. The molecule has 2 amide bonds. The van der Waals surface area contributed by atoms with Crippen LogP contribution < -0.4 is 19.6 Å². The lowest BCUT2D eigenvalue weighted by Gasteiger charge is -2.41. The molecule has 4 saturated heterocycles. The van der Waals surface area contributed by atoms with Crippen molar-refractivity contribution in [2.45, 2.75) is 102 Å². The quantitative estimate of drug-likeness (QED) is 0.153. The topological polar surface area (TPSA) is 133 Å². The van der Waals surface area contributed by atoms with E-state index in [1.54, 1.807) is 37.1 Å². The number of aliphatic hydroxyl groups is 1. The summed E-state index contributed by atoms with van der Waals surface area (Å²) in [7, 11) is 1.78. The smallest absolute Gasteiger partial charge is 0.264 e. The number of halogens is 3. The molecule has 1 spiro atoms. The Morgan fingerprint density at radius 2 is 1.51 bits per heavy atom. The third-order valence-corrected chi connectivity index (χ3v) is 17.3. The van der Waals surface area contributed by atoms with Gasteiger partial charge in [-0.05, 0) is 129 Å². The maximum absolute atomic E-state index is 14.8. The molecule has 72 heavy (non-hydrogen) atoms. The summed E-state index contributed by atoms with van der Waals surface area (Å²) >= 11 is 6.37. The summed E-state index contributed by atoms with van der Waals surface area (Å²) in [5, 5.41) is 31.1. The van der Waals surface area contributed by atoms with E-state index in [9.17, 15) is 28.7 Å². The van der Waals surface area contributed by atoms with Crippen molar-refractivity contribution < 1.29 is 23.5 Å². The van der Waals surface area contributed by atoms with E-state index in [2.05, 4.69) is 59.7 Å². The minimum absolute atomic E-state index is 0.0125. The zero-order valence-electron chi connectivity index (χ0n) is 41.4. The summed E-state index contributed by atoms with van der Waals surface area (Å²) in [6.45, 7) is 9.64. The fourth-order valence-electron chi connectivity index (χ4n) is 12.7. The third-order valence-electron chi connectivity index (χ3n) is 17.0. The average Bonchev–Trinajstić information content (AvgIpc) is 4.13. The average molecular weight is 1000 g/mol. The molecule has 0 bridgehead atoms. The number of carbonyl (C=O) groups excluding carboxylic acids is 2. The fraction of sp³-hybridized carbons (Fsp3) is 0.509. The van der Waals surface area contributed by atoms with Crippen LogP contribution in [0.15, 0.2) is 67.0 Å². The Kier molecular flexibility index (Phi) is 12.9. The SMILES string of the molecule is CC(=O)N1CCc2c(c(N3CCCc4cc(-c5cnn(C)c5)c(C(F)F)cc43)nn2C2CCN(C(=O)CC3(O)CCN(c4ccc(N5CCC6(CC5)CCN(c5ccc(C#N)c(Cl)c5)C6)cc4)CC3)CC2)C1. The van der Waals surface area contributed by atoms with Gasteiger partial charge in [-0.3, -0.25) is 19.0 Å². The van der Waals surface area contributed by atoms with Gasteiger partial charge in [0.15, 0.2) is 5.82 Å². The first kappa shape index (κ1) is 48.1. The highest BCUT2D eigenvalue weighted by Crippen LogP contribution is 2.46. The van der Waals surface area contributed by atoms with Gasteiger partial charge < -0.3 is 34.5 Å². The molecule has 6 aliphatic heterocycles. The summed E-state index contributed by atoms with van der Waals surface area (Å²) in [4.78, 5) is 39.7. The summed E-state index contributed by atoms with van der Waals surface area (Å²) in [6, 6.07) is 20.3. The largest absolute Gasteiger partial charge is 0.389 e. The molecule has 378 valence electrons. The van der Waals surface area contributed by atoms with E-state index in [1.165, 1.54) is 5.69 Å². The van der Waals surface area contributed by atoms with Gasteiger partial charge in [0.05, 0.1) is 41.4 Å². The van der Waals surface area contributed by atoms with Crippen LogP contribution in [0.25, 0.3) is 11.1 Å². The number of fused-ring (bicyclic) bond motifs is 2. The number of nitriles is 1. The normalized spacial score (nSPS) is 20.0. The molecule has 4 fully saturated rings. The number of amides is 2. The fourth-order valence-corrected chi connectivity index (χ4v) is 12.9. The van der Waals surface area contributed by atoms with E-state index in [4.69, 9.17) is 16.7 Å². The maximum atomic E-state index is 14.8. The number of benzene rings is 3. The molecule has 11 rings (SSSR count). The Hall–Kier alpha value is -6.18. The molecule has 5 aromatic rings. The van der Waals surface area contributed by atoms with Crippen molar-refractivity contribution in [3.8, 4) is 17.2 Å². The van der Waals surface area contributed by atoms with Crippen LogP contribution >= 0.6 is 11.6 Å². The second-order valence-electron chi connectivity index (χ2n) is 21.4. The minimum atomic E-state index is -2.69. The molecule has 1 N–H and O–H groups in total.